The molecule has 0 radical (unpaired) electrons. The number of hydrogen-bond acceptors (Lipinski definition) is 6. The molecule has 0 aromatic carbocycles. The zero-order valence-corrected chi connectivity index (χ0v) is 12.8. The number of nitrogens with zero attached hydrogens (tertiary/aromatic N) is 4. The molecule has 0 unspecified atom stereocenters. The van der Waals surface area contributed by atoms with Gasteiger partial charge in [0.2, 0.25) is 0 Å². The molecule has 6 nitrogen and oxygen atoms in total. The molecular formula is C14H8N4O2S2. The summed E-state index contributed by atoms with van der Waals surface area (Å²) in [5, 5.41) is 3.72. The summed E-state index contributed by atoms with van der Waals surface area (Å²) < 4.78 is 4.55. The summed E-state index contributed by atoms with van der Waals surface area (Å²) in [7, 11) is 0. The quantitative estimate of drug-likeness (QED) is 0.433. The average molecular weight is 328 g/mol. The van der Waals surface area contributed by atoms with Gasteiger partial charge in [0.15, 0.2) is 0 Å². The molecule has 0 bridgehead atoms. The van der Waals surface area contributed by atoms with Gasteiger partial charge in [-0.15, -0.1) is 22.7 Å². The molecule has 5 rings (SSSR count). The van der Waals surface area contributed by atoms with Crippen molar-refractivity contribution in [3.63, 3.8) is 0 Å². The van der Waals surface area contributed by atoms with E-state index < -0.39 is 0 Å². The van der Waals surface area contributed by atoms with Crippen LogP contribution in [0.4, 0.5) is 0 Å². The van der Waals surface area contributed by atoms with Gasteiger partial charge in [-0.25, -0.2) is 9.97 Å². The van der Waals surface area contributed by atoms with Crippen molar-refractivity contribution in [2.24, 2.45) is 0 Å². The highest BCUT2D eigenvalue weighted by Crippen LogP contribution is 2.20. The normalized spacial score (nSPS) is 13.5. The van der Waals surface area contributed by atoms with Crippen molar-refractivity contribution in [3.8, 4) is 0 Å². The summed E-state index contributed by atoms with van der Waals surface area (Å²) in [6.07, 6.45) is 0. The van der Waals surface area contributed by atoms with Gasteiger partial charge in [0.1, 0.15) is 21.0 Å². The lowest BCUT2D eigenvalue weighted by atomic mass is 10.3. The van der Waals surface area contributed by atoms with Crippen LogP contribution in [0.2, 0.25) is 0 Å². The Hall–Kier alpha value is -2.32. The highest BCUT2D eigenvalue weighted by Gasteiger charge is 2.22. The highest BCUT2D eigenvalue weighted by atomic mass is 32.1. The van der Waals surface area contributed by atoms with E-state index in [-0.39, 0.29) is 24.2 Å². The summed E-state index contributed by atoms with van der Waals surface area (Å²) in [5.74, 6) is 1.23. The Morgan fingerprint density at radius 2 is 1.27 bits per heavy atom. The molecule has 0 amide bonds. The number of thiophene rings is 2. The minimum Gasteiger partial charge on any atom is -0.286 e. The zero-order chi connectivity index (χ0) is 14.8. The SMILES string of the molecule is O=c1c2sccc2nc2n1Cc1nc3ccsc3c(=O)n1C2. The molecule has 0 saturated heterocycles. The zero-order valence-electron chi connectivity index (χ0n) is 11.1. The van der Waals surface area contributed by atoms with Gasteiger partial charge >= 0.3 is 0 Å². The van der Waals surface area contributed by atoms with Crippen LogP contribution in [0, 0.1) is 0 Å². The Kier molecular flexibility index (Phi) is 2.29. The van der Waals surface area contributed by atoms with Crippen LogP contribution in [0.15, 0.2) is 32.5 Å². The first kappa shape index (κ1) is 12.2. The van der Waals surface area contributed by atoms with Gasteiger partial charge in [-0.3, -0.25) is 18.7 Å². The Morgan fingerprint density at radius 1 is 0.818 bits per heavy atom. The first-order valence-corrected chi connectivity index (χ1v) is 8.42. The second kappa shape index (κ2) is 4.11. The van der Waals surface area contributed by atoms with E-state index >= 15 is 0 Å². The number of hydrogen-bond donors (Lipinski definition) is 0. The Balaban J connectivity index is 1.84. The van der Waals surface area contributed by atoms with E-state index in [2.05, 4.69) is 9.97 Å². The molecular weight excluding hydrogens is 320 g/mol. The first-order chi connectivity index (χ1) is 10.7. The Labute approximate surface area is 130 Å². The molecule has 5 heterocycles. The molecule has 0 aliphatic carbocycles. The fourth-order valence-electron chi connectivity index (χ4n) is 2.83. The van der Waals surface area contributed by atoms with Crippen LogP contribution in [0.1, 0.15) is 11.6 Å². The molecule has 0 fully saturated rings. The summed E-state index contributed by atoms with van der Waals surface area (Å²) in [6.45, 7) is 0.575. The topological polar surface area (TPSA) is 69.8 Å². The maximum atomic E-state index is 12.6. The van der Waals surface area contributed by atoms with Crippen LogP contribution >= 0.6 is 22.7 Å². The van der Waals surface area contributed by atoms with Crippen LogP contribution < -0.4 is 11.1 Å². The fourth-order valence-corrected chi connectivity index (χ4v) is 4.39. The Morgan fingerprint density at radius 3 is 1.73 bits per heavy atom. The summed E-state index contributed by atoms with van der Waals surface area (Å²) in [4.78, 5) is 34.2. The van der Waals surface area contributed by atoms with Gasteiger partial charge in [0.25, 0.3) is 11.1 Å². The van der Waals surface area contributed by atoms with Crippen molar-refractivity contribution >= 4 is 43.1 Å². The number of rotatable bonds is 0. The third-order valence-electron chi connectivity index (χ3n) is 3.89. The molecule has 22 heavy (non-hydrogen) atoms. The lowest BCUT2D eigenvalue weighted by Gasteiger charge is -2.21. The Bertz CT molecular complexity index is 1090. The largest absolute Gasteiger partial charge is 0.286 e. The average Bonchev–Trinajstić information content (AvgIpc) is 3.15. The minimum atomic E-state index is -0.0547. The molecule has 1 aliphatic heterocycles. The first-order valence-electron chi connectivity index (χ1n) is 6.66. The maximum Gasteiger partial charge on any atom is 0.271 e. The van der Waals surface area contributed by atoms with Gasteiger partial charge in [-0.2, -0.15) is 0 Å². The van der Waals surface area contributed by atoms with Gasteiger partial charge in [-0.05, 0) is 22.9 Å². The molecule has 1 aliphatic rings. The van der Waals surface area contributed by atoms with Crippen LogP contribution in [0.3, 0.4) is 0 Å². The van der Waals surface area contributed by atoms with Gasteiger partial charge < -0.3 is 0 Å². The van der Waals surface area contributed by atoms with Gasteiger partial charge in [0.05, 0.1) is 24.1 Å². The lowest BCUT2D eigenvalue weighted by molar-refractivity contribution is 0.522. The van der Waals surface area contributed by atoms with Crippen molar-refractivity contribution in [2.45, 2.75) is 13.1 Å². The van der Waals surface area contributed by atoms with E-state index in [1.807, 2.05) is 22.9 Å². The third kappa shape index (κ3) is 1.48. The van der Waals surface area contributed by atoms with E-state index in [9.17, 15) is 9.59 Å². The second-order valence-corrected chi connectivity index (χ2v) is 6.94. The van der Waals surface area contributed by atoms with Crippen molar-refractivity contribution in [1.82, 2.24) is 19.1 Å². The van der Waals surface area contributed by atoms with Crippen LogP contribution in [0.5, 0.6) is 0 Å². The van der Waals surface area contributed by atoms with Crippen LogP contribution in [-0.2, 0) is 13.1 Å². The van der Waals surface area contributed by atoms with Crippen molar-refractivity contribution < 1.29 is 0 Å². The third-order valence-corrected chi connectivity index (χ3v) is 5.67. The minimum absolute atomic E-state index is 0.0547. The maximum absolute atomic E-state index is 12.6. The van der Waals surface area contributed by atoms with Gasteiger partial charge in [-0.1, -0.05) is 0 Å². The predicted molar refractivity (Wildman–Crippen MR) is 86.0 cm³/mol. The molecule has 4 aromatic rings. The molecule has 4 aromatic heterocycles. The van der Waals surface area contributed by atoms with E-state index in [0.29, 0.717) is 32.1 Å². The molecule has 0 N–H and O–H groups in total. The van der Waals surface area contributed by atoms with E-state index in [1.54, 1.807) is 9.13 Å². The van der Waals surface area contributed by atoms with Crippen molar-refractivity contribution in [1.29, 1.82) is 0 Å². The lowest BCUT2D eigenvalue weighted by Crippen LogP contribution is -2.37. The monoisotopic (exact) mass is 328 g/mol. The molecule has 108 valence electrons. The van der Waals surface area contributed by atoms with Crippen LogP contribution in [0.25, 0.3) is 20.4 Å². The van der Waals surface area contributed by atoms with E-state index in [4.69, 9.17) is 0 Å². The predicted octanol–water partition coefficient (Wildman–Crippen LogP) is 1.64. The smallest absolute Gasteiger partial charge is 0.271 e. The summed E-state index contributed by atoms with van der Waals surface area (Å²) >= 11 is 2.78. The van der Waals surface area contributed by atoms with E-state index in [1.165, 1.54) is 22.7 Å². The van der Waals surface area contributed by atoms with Crippen molar-refractivity contribution in [3.05, 3.63) is 55.2 Å². The van der Waals surface area contributed by atoms with E-state index in [0.717, 1.165) is 0 Å². The molecule has 0 spiro atoms. The standard InChI is InChI=1S/C14H8N4O2S2/c19-13-11-7(1-3-21-11)15-9-5-18-10(6-17(9)13)16-8-2-4-22-12(8)14(18)20/h1-4H,5-6H2. The fraction of sp³-hybridized carbons (Fsp3) is 0.143. The summed E-state index contributed by atoms with van der Waals surface area (Å²) in [5.41, 5.74) is 1.28. The number of fused-ring (bicyclic) bond motifs is 4. The van der Waals surface area contributed by atoms with Gasteiger partial charge in [0, 0.05) is 0 Å². The molecule has 0 saturated carbocycles. The number of aromatic nitrogens is 4. The second-order valence-electron chi connectivity index (χ2n) is 5.11. The van der Waals surface area contributed by atoms with Crippen molar-refractivity contribution in [2.75, 3.05) is 0 Å². The summed E-state index contributed by atoms with van der Waals surface area (Å²) in [6, 6.07) is 3.67. The van der Waals surface area contributed by atoms with Crippen LogP contribution in [-0.4, -0.2) is 19.1 Å². The molecule has 0 atom stereocenters. The molecule has 8 heteroatoms. The highest BCUT2D eigenvalue weighted by molar-refractivity contribution is 7.17.